The Labute approximate surface area is 141 Å². The number of anilines is 1. The molecule has 0 bridgehead atoms. The first-order valence-electron chi connectivity index (χ1n) is 8.07. The van der Waals surface area contributed by atoms with Crippen molar-refractivity contribution in [1.29, 1.82) is 0 Å². The second-order valence-corrected chi connectivity index (χ2v) is 7.71. The fraction of sp³-hybridized carbons (Fsp3) is 0.647. The van der Waals surface area contributed by atoms with Crippen LogP contribution in [-0.4, -0.2) is 30.7 Å². The van der Waals surface area contributed by atoms with Crippen LogP contribution in [0.2, 0.25) is 0 Å². The van der Waals surface area contributed by atoms with Crippen LogP contribution >= 0.6 is 11.3 Å². The zero-order valence-corrected chi connectivity index (χ0v) is 15.1. The highest BCUT2D eigenvalue weighted by molar-refractivity contribution is 7.17. The van der Waals surface area contributed by atoms with Gasteiger partial charge in [-0.05, 0) is 58.9 Å². The molecular weight excluding hydrogens is 314 g/mol. The molecule has 0 atom stereocenters. The Balaban J connectivity index is 2.28. The van der Waals surface area contributed by atoms with Crippen molar-refractivity contribution in [3.8, 4) is 0 Å². The molecule has 128 valence electrons. The van der Waals surface area contributed by atoms with Gasteiger partial charge in [0.2, 0.25) is 0 Å². The third kappa shape index (κ3) is 4.78. The number of hydrogen-bond donors (Lipinski definition) is 1. The molecule has 2 rings (SSSR count). The van der Waals surface area contributed by atoms with Gasteiger partial charge in [-0.1, -0.05) is 0 Å². The molecule has 23 heavy (non-hydrogen) atoms. The predicted molar refractivity (Wildman–Crippen MR) is 91.3 cm³/mol. The lowest BCUT2D eigenvalue weighted by atomic mass is 9.95. The Kier molecular flexibility index (Phi) is 5.81. The molecule has 6 heteroatoms. The largest absolute Gasteiger partial charge is 0.456 e. The van der Waals surface area contributed by atoms with Crippen molar-refractivity contribution in [2.24, 2.45) is 0 Å². The molecule has 1 heterocycles. The summed E-state index contributed by atoms with van der Waals surface area (Å²) in [6.45, 7) is 7.84. The number of nitrogens with one attached hydrogen (secondary N) is 1. The van der Waals surface area contributed by atoms with Crippen molar-refractivity contribution < 1.29 is 19.1 Å². The number of thiophene rings is 1. The zero-order chi connectivity index (χ0) is 17.0. The van der Waals surface area contributed by atoms with Crippen LogP contribution in [0.3, 0.4) is 0 Å². The normalized spacial score (nSPS) is 14.3. The number of amides is 1. The molecule has 0 saturated carbocycles. The van der Waals surface area contributed by atoms with Crippen molar-refractivity contribution in [2.45, 2.75) is 59.0 Å². The van der Waals surface area contributed by atoms with Crippen molar-refractivity contribution >= 4 is 28.2 Å². The van der Waals surface area contributed by atoms with E-state index >= 15 is 0 Å². The first kappa shape index (κ1) is 17.9. The van der Waals surface area contributed by atoms with Gasteiger partial charge in [-0.15, -0.1) is 11.3 Å². The van der Waals surface area contributed by atoms with Crippen molar-refractivity contribution in [1.82, 2.24) is 0 Å². The average molecular weight is 339 g/mol. The summed E-state index contributed by atoms with van der Waals surface area (Å²) >= 11 is 1.49. The first-order chi connectivity index (χ1) is 10.8. The molecule has 1 amide bonds. The van der Waals surface area contributed by atoms with Gasteiger partial charge in [-0.3, -0.25) is 4.79 Å². The average Bonchev–Trinajstić information content (AvgIpc) is 2.81. The van der Waals surface area contributed by atoms with Gasteiger partial charge >= 0.3 is 5.97 Å². The fourth-order valence-electron chi connectivity index (χ4n) is 2.56. The maximum atomic E-state index is 12.6. The third-order valence-corrected chi connectivity index (χ3v) is 4.67. The highest BCUT2D eigenvalue weighted by atomic mass is 32.1. The highest BCUT2D eigenvalue weighted by Crippen LogP contribution is 2.39. The summed E-state index contributed by atoms with van der Waals surface area (Å²) < 4.78 is 10.7. The van der Waals surface area contributed by atoms with Gasteiger partial charge in [0.15, 0.2) is 0 Å². The van der Waals surface area contributed by atoms with Gasteiger partial charge < -0.3 is 14.8 Å². The molecule has 0 aliphatic heterocycles. The summed E-state index contributed by atoms with van der Waals surface area (Å²) in [6.07, 6.45) is 4.00. The van der Waals surface area contributed by atoms with E-state index in [1.165, 1.54) is 16.2 Å². The number of hydrogen-bond acceptors (Lipinski definition) is 5. The fourth-order valence-corrected chi connectivity index (χ4v) is 3.85. The molecule has 1 aliphatic rings. The second-order valence-electron chi connectivity index (χ2n) is 6.60. The van der Waals surface area contributed by atoms with E-state index in [2.05, 4.69) is 5.32 Å². The molecule has 0 aromatic carbocycles. The van der Waals surface area contributed by atoms with Gasteiger partial charge in [0, 0.05) is 11.5 Å². The van der Waals surface area contributed by atoms with Crippen LogP contribution in [-0.2, 0) is 27.1 Å². The van der Waals surface area contributed by atoms with Crippen LogP contribution in [0.15, 0.2) is 0 Å². The summed E-state index contributed by atoms with van der Waals surface area (Å²) in [6, 6.07) is 0. The van der Waals surface area contributed by atoms with Crippen LogP contribution < -0.4 is 5.32 Å². The number of carbonyl (C=O) groups is 2. The third-order valence-electron chi connectivity index (χ3n) is 3.46. The van der Waals surface area contributed by atoms with Crippen molar-refractivity contribution in [2.75, 3.05) is 18.5 Å². The van der Waals surface area contributed by atoms with Gasteiger partial charge in [0.25, 0.3) is 5.91 Å². The smallest absolute Gasteiger partial charge is 0.341 e. The maximum absolute atomic E-state index is 12.6. The predicted octanol–water partition coefficient (Wildman–Crippen LogP) is 3.56. The van der Waals surface area contributed by atoms with Crippen LogP contribution in [0, 0.1) is 0 Å². The Morgan fingerprint density at radius 3 is 2.57 bits per heavy atom. The zero-order valence-electron chi connectivity index (χ0n) is 14.3. The number of fused-ring (bicyclic) bond motifs is 1. The molecule has 0 radical (unpaired) electrons. The topological polar surface area (TPSA) is 64.6 Å². The summed E-state index contributed by atoms with van der Waals surface area (Å²) in [4.78, 5) is 25.8. The SMILES string of the molecule is CCOCC(=O)Nc1sc2c(c1C(=O)OC(C)(C)C)CCCC2. The summed E-state index contributed by atoms with van der Waals surface area (Å²) in [5.41, 5.74) is 1.01. The molecule has 0 fully saturated rings. The lowest BCUT2D eigenvalue weighted by Gasteiger charge is -2.21. The standard InChI is InChI=1S/C17H25NO4S/c1-5-21-10-13(19)18-15-14(16(20)22-17(2,3)4)11-8-6-7-9-12(11)23-15/h5-10H2,1-4H3,(H,18,19). The summed E-state index contributed by atoms with van der Waals surface area (Å²) in [5.74, 6) is -0.598. The molecule has 1 N–H and O–H groups in total. The minimum Gasteiger partial charge on any atom is -0.456 e. The van der Waals surface area contributed by atoms with Crippen LogP contribution in [0.25, 0.3) is 0 Å². The van der Waals surface area contributed by atoms with Gasteiger partial charge in [-0.2, -0.15) is 0 Å². The van der Waals surface area contributed by atoms with Crippen LogP contribution in [0.5, 0.6) is 0 Å². The lowest BCUT2D eigenvalue weighted by Crippen LogP contribution is -2.26. The maximum Gasteiger partial charge on any atom is 0.341 e. The molecule has 0 spiro atoms. The Hall–Kier alpha value is -1.40. The molecule has 0 unspecified atom stereocenters. The summed E-state index contributed by atoms with van der Waals surface area (Å²) in [5, 5.41) is 3.42. The van der Waals surface area contributed by atoms with E-state index < -0.39 is 5.60 Å². The molecular formula is C17H25NO4S. The number of esters is 1. The van der Waals surface area contributed by atoms with Crippen molar-refractivity contribution in [3.63, 3.8) is 0 Å². The van der Waals surface area contributed by atoms with Gasteiger partial charge in [-0.25, -0.2) is 4.79 Å². The second kappa shape index (κ2) is 7.45. The quantitative estimate of drug-likeness (QED) is 0.833. The molecule has 1 aromatic rings. The number of ether oxygens (including phenoxy) is 2. The monoisotopic (exact) mass is 339 g/mol. The van der Waals surface area contributed by atoms with Crippen LogP contribution in [0.4, 0.5) is 5.00 Å². The van der Waals surface area contributed by atoms with Crippen molar-refractivity contribution in [3.05, 3.63) is 16.0 Å². The number of carbonyl (C=O) groups excluding carboxylic acids is 2. The van der Waals surface area contributed by atoms with E-state index in [0.717, 1.165) is 31.2 Å². The number of rotatable bonds is 5. The molecule has 0 saturated heterocycles. The molecule has 5 nitrogen and oxygen atoms in total. The lowest BCUT2D eigenvalue weighted by molar-refractivity contribution is -0.120. The number of aryl methyl sites for hydroxylation is 1. The van der Waals surface area contributed by atoms with E-state index in [1.807, 2.05) is 27.7 Å². The van der Waals surface area contributed by atoms with E-state index in [9.17, 15) is 9.59 Å². The molecule has 1 aliphatic carbocycles. The minimum atomic E-state index is -0.562. The van der Waals surface area contributed by atoms with E-state index in [4.69, 9.17) is 9.47 Å². The Bertz CT molecular complexity index is 586. The minimum absolute atomic E-state index is 0.00712. The first-order valence-corrected chi connectivity index (χ1v) is 8.89. The molecule has 1 aromatic heterocycles. The van der Waals surface area contributed by atoms with Gasteiger partial charge in [0.05, 0.1) is 5.56 Å². The Morgan fingerprint density at radius 1 is 1.22 bits per heavy atom. The van der Waals surface area contributed by atoms with Gasteiger partial charge in [0.1, 0.15) is 17.2 Å². The van der Waals surface area contributed by atoms with Crippen LogP contribution in [0.1, 0.15) is 61.3 Å². The highest BCUT2D eigenvalue weighted by Gasteiger charge is 2.29. The Morgan fingerprint density at radius 2 is 1.91 bits per heavy atom. The summed E-state index contributed by atoms with van der Waals surface area (Å²) in [7, 11) is 0. The van der Waals surface area contributed by atoms with E-state index in [-0.39, 0.29) is 18.5 Å². The van der Waals surface area contributed by atoms with E-state index in [0.29, 0.717) is 17.2 Å². The van der Waals surface area contributed by atoms with E-state index in [1.54, 1.807) is 0 Å².